The van der Waals surface area contributed by atoms with E-state index in [-0.39, 0.29) is 58.6 Å². The molecule has 2 aromatic heterocycles. The van der Waals surface area contributed by atoms with Crippen LogP contribution in [0.4, 0.5) is 23.5 Å². The summed E-state index contributed by atoms with van der Waals surface area (Å²) in [5.41, 5.74) is 1.06. The quantitative estimate of drug-likeness (QED) is 0.107. The Labute approximate surface area is 278 Å². The van der Waals surface area contributed by atoms with Crippen LogP contribution in [0, 0.1) is 0 Å². The molecule has 1 unspecified atom stereocenters. The molecule has 48 heavy (non-hydrogen) atoms. The number of aliphatic carboxylic acids is 1. The average molecular weight is 681 g/mol. The van der Waals surface area contributed by atoms with E-state index >= 15 is 0 Å². The van der Waals surface area contributed by atoms with Crippen LogP contribution in [-0.2, 0) is 14.3 Å². The van der Waals surface area contributed by atoms with Crippen molar-refractivity contribution in [1.82, 2.24) is 19.9 Å². The van der Waals surface area contributed by atoms with E-state index in [1.807, 2.05) is 0 Å². The summed E-state index contributed by atoms with van der Waals surface area (Å²) in [4.78, 5) is 39.1. The molecule has 3 saturated heterocycles. The van der Waals surface area contributed by atoms with E-state index in [1.54, 1.807) is 9.80 Å². The Morgan fingerprint density at radius 1 is 0.688 bits per heavy atom. The van der Waals surface area contributed by atoms with Crippen LogP contribution in [0.5, 0.6) is 0 Å². The van der Waals surface area contributed by atoms with Crippen LogP contribution in [0.3, 0.4) is 0 Å². The van der Waals surface area contributed by atoms with Crippen LogP contribution < -0.4 is 19.6 Å². The SMILES string of the molecule is O=C(O)C1O[C@H](OCCN(CCO)c2nc(N3CCCCC3)c3nc(N(CCO)CCO)nc(N4CCCCC4)c3n2)[C@@H](O)[C@H](O)[C@H]1O. The Morgan fingerprint density at radius 2 is 1.15 bits per heavy atom. The molecule has 0 spiro atoms. The number of nitrogens with zero attached hydrogens (tertiary/aromatic N) is 8. The summed E-state index contributed by atoms with van der Waals surface area (Å²) in [5, 5.41) is 69.5. The van der Waals surface area contributed by atoms with Crippen LogP contribution >= 0.6 is 0 Å². The zero-order valence-electron chi connectivity index (χ0n) is 27.0. The van der Waals surface area contributed by atoms with Crippen LogP contribution in [0.2, 0.25) is 0 Å². The molecule has 0 bridgehead atoms. The van der Waals surface area contributed by atoms with Gasteiger partial charge in [0.2, 0.25) is 11.9 Å². The minimum absolute atomic E-state index is 0.0905. The molecule has 5 atom stereocenters. The number of rotatable bonds is 15. The molecule has 5 heterocycles. The Hall–Kier alpha value is -3.23. The summed E-state index contributed by atoms with van der Waals surface area (Å²) in [6.45, 7) is 3.02. The van der Waals surface area contributed by atoms with Gasteiger partial charge in [0.25, 0.3) is 0 Å². The number of hydrogen-bond donors (Lipinski definition) is 7. The van der Waals surface area contributed by atoms with Crippen molar-refractivity contribution < 1.29 is 50.0 Å². The van der Waals surface area contributed by atoms with Gasteiger partial charge in [-0.3, -0.25) is 0 Å². The van der Waals surface area contributed by atoms with Gasteiger partial charge in [-0.2, -0.15) is 9.97 Å². The van der Waals surface area contributed by atoms with Crippen molar-refractivity contribution in [1.29, 1.82) is 0 Å². The van der Waals surface area contributed by atoms with Crippen LogP contribution in [0.1, 0.15) is 38.5 Å². The van der Waals surface area contributed by atoms with Gasteiger partial charge in [0, 0.05) is 52.4 Å². The van der Waals surface area contributed by atoms with E-state index in [1.165, 1.54) is 0 Å². The normalized spacial score (nSPS) is 25.0. The number of fused-ring (bicyclic) bond motifs is 1. The lowest BCUT2D eigenvalue weighted by molar-refractivity contribution is -0.293. The lowest BCUT2D eigenvalue weighted by atomic mass is 9.99. The van der Waals surface area contributed by atoms with Crippen LogP contribution in [0.15, 0.2) is 0 Å². The van der Waals surface area contributed by atoms with Crippen molar-refractivity contribution in [2.45, 2.75) is 69.2 Å². The topological polar surface area (TPSA) is 242 Å². The average Bonchev–Trinajstić information content (AvgIpc) is 3.10. The zero-order valence-corrected chi connectivity index (χ0v) is 27.0. The highest BCUT2D eigenvalue weighted by molar-refractivity contribution is 5.95. The van der Waals surface area contributed by atoms with E-state index in [0.717, 1.165) is 64.7 Å². The van der Waals surface area contributed by atoms with Crippen LogP contribution in [0.25, 0.3) is 11.0 Å². The number of carboxylic acids is 1. The fourth-order valence-corrected chi connectivity index (χ4v) is 6.35. The Balaban J connectivity index is 1.52. The molecular formula is C30H48N8O10. The van der Waals surface area contributed by atoms with E-state index in [2.05, 4.69) is 9.80 Å². The Bertz CT molecular complexity index is 1340. The fraction of sp³-hybridized carbons (Fsp3) is 0.767. The number of anilines is 4. The second kappa shape index (κ2) is 16.9. The molecule has 2 aromatic rings. The van der Waals surface area contributed by atoms with Gasteiger partial charge in [-0.1, -0.05) is 0 Å². The maximum absolute atomic E-state index is 11.5. The van der Waals surface area contributed by atoms with Crippen molar-refractivity contribution in [2.24, 2.45) is 0 Å². The minimum Gasteiger partial charge on any atom is -0.479 e. The standard InChI is InChI=1S/C30H48N8O10/c39-15-11-37(12-16-40)29-31-19-20(25(33-29)35-7-3-1-4-8-35)32-30(34-26(19)36-9-5-2-6-10-36)38(13-17-41)14-18-47-28-23(44)21(42)22(43)24(48-28)27(45)46/h21-24,28,39-44H,1-18H2,(H,45,46)/t21-,22-,23+,24?,28+/m1/s1. The smallest absolute Gasteiger partial charge is 0.335 e. The lowest BCUT2D eigenvalue weighted by Gasteiger charge is -2.38. The molecule has 268 valence electrons. The molecule has 3 aliphatic heterocycles. The molecule has 5 rings (SSSR count). The van der Waals surface area contributed by atoms with Gasteiger partial charge in [0.15, 0.2) is 24.0 Å². The molecule has 7 N–H and O–H groups in total. The number of aliphatic hydroxyl groups is 6. The highest BCUT2D eigenvalue weighted by Gasteiger charge is 2.47. The number of hydrogen-bond acceptors (Lipinski definition) is 17. The number of aromatic nitrogens is 4. The molecule has 3 fully saturated rings. The van der Waals surface area contributed by atoms with Gasteiger partial charge in [-0.25, -0.2) is 14.8 Å². The third-order valence-electron chi connectivity index (χ3n) is 8.93. The predicted octanol–water partition coefficient (Wildman–Crippen LogP) is -2.10. The van der Waals surface area contributed by atoms with Gasteiger partial charge in [-0.15, -0.1) is 0 Å². The summed E-state index contributed by atoms with van der Waals surface area (Å²) in [6, 6.07) is 0. The lowest BCUT2D eigenvalue weighted by Crippen LogP contribution is -2.60. The monoisotopic (exact) mass is 680 g/mol. The first kappa shape index (κ1) is 36.1. The second-order valence-electron chi connectivity index (χ2n) is 12.2. The van der Waals surface area contributed by atoms with E-state index in [0.29, 0.717) is 28.6 Å². The highest BCUT2D eigenvalue weighted by atomic mass is 16.7. The summed E-state index contributed by atoms with van der Waals surface area (Å²) >= 11 is 0. The maximum Gasteiger partial charge on any atom is 0.335 e. The summed E-state index contributed by atoms with van der Waals surface area (Å²) in [5.74, 6) is 0.343. The van der Waals surface area contributed by atoms with Crippen molar-refractivity contribution >= 4 is 40.5 Å². The van der Waals surface area contributed by atoms with Crippen LogP contribution in [-0.4, -0.2) is 171 Å². The molecule has 0 aliphatic carbocycles. The van der Waals surface area contributed by atoms with Crippen molar-refractivity contribution in [2.75, 3.05) is 98.4 Å². The molecule has 18 heteroatoms. The first-order valence-electron chi connectivity index (χ1n) is 16.7. The van der Waals surface area contributed by atoms with Gasteiger partial charge < -0.3 is 64.8 Å². The highest BCUT2D eigenvalue weighted by Crippen LogP contribution is 2.35. The fourth-order valence-electron chi connectivity index (χ4n) is 6.35. The summed E-state index contributed by atoms with van der Waals surface area (Å²) in [6.07, 6.45) is -2.57. The predicted molar refractivity (Wildman–Crippen MR) is 173 cm³/mol. The molecule has 0 saturated carbocycles. The Morgan fingerprint density at radius 3 is 1.58 bits per heavy atom. The number of aliphatic hydroxyl groups excluding tert-OH is 6. The molecule has 18 nitrogen and oxygen atoms in total. The van der Waals surface area contributed by atoms with Gasteiger partial charge >= 0.3 is 5.97 Å². The van der Waals surface area contributed by atoms with Gasteiger partial charge in [0.05, 0.1) is 26.4 Å². The number of carboxylic acid groups (broad SMARTS) is 1. The van der Waals surface area contributed by atoms with E-state index in [4.69, 9.17) is 29.4 Å². The van der Waals surface area contributed by atoms with E-state index < -0.39 is 36.7 Å². The molecule has 0 amide bonds. The van der Waals surface area contributed by atoms with Gasteiger partial charge in [0.1, 0.15) is 29.3 Å². The number of carbonyl (C=O) groups is 1. The maximum atomic E-state index is 11.5. The first-order valence-corrected chi connectivity index (χ1v) is 16.7. The third kappa shape index (κ3) is 8.14. The third-order valence-corrected chi connectivity index (χ3v) is 8.93. The van der Waals surface area contributed by atoms with E-state index in [9.17, 15) is 40.5 Å². The summed E-state index contributed by atoms with van der Waals surface area (Å²) in [7, 11) is 0. The molecule has 0 aromatic carbocycles. The molecule has 3 aliphatic rings. The van der Waals surface area contributed by atoms with Crippen molar-refractivity contribution in [3.05, 3.63) is 0 Å². The molecule has 0 radical (unpaired) electrons. The van der Waals surface area contributed by atoms with Gasteiger partial charge in [-0.05, 0) is 38.5 Å². The minimum atomic E-state index is -1.83. The van der Waals surface area contributed by atoms with Crippen molar-refractivity contribution in [3.63, 3.8) is 0 Å². The largest absolute Gasteiger partial charge is 0.479 e. The zero-order chi connectivity index (χ0) is 34.2. The second-order valence-corrected chi connectivity index (χ2v) is 12.2. The molecular weight excluding hydrogens is 632 g/mol. The number of piperidine rings is 2. The number of ether oxygens (including phenoxy) is 2. The summed E-state index contributed by atoms with van der Waals surface area (Å²) < 4.78 is 10.9. The first-order chi connectivity index (χ1) is 23.3. The van der Waals surface area contributed by atoms with Crippen molar-refractivity contribution in [3.8, 4) is 0 Å². The Kier molecular flexibility index (Phi) is 12.7.